The summed E-state index contributed by atoms with van der Waals surface area (Å²) in [5.41, 5.74) is 7.59. The average Bonchev–Trinajstić information content (AvgIpc) is 2.60. The van der Waals surface area contributed by atoms with Gasteiger partial charge in [-0.3, -0.25) is 20.4 Å². The van der Waals surface area contributed by atoms with Crippen molar-refractivity contribution in [2.45, 2.75) is 13.8 Å². The minimum Gasteiger partial charge on any atom is -0.483 e. The maximum Gasteiger partial charge on any atom is 0.276 e. The van der Waals surface area contributed by atoms with E-state index in [1.165, 1.54) is 6.08 Å². The first-order chi connectivity index (χ1) is 11.6. The molecular formula is C19H20N2O3. The van der Waals surface area contributed by atoms with Crippen LogP contribution in [0.4, 0.5) is 0 Å². The van der Waals surface area contributed by atoms with Gasteiger partial charge in [0.25, 0.3) is 11.8 Å². The maximum absolute atomic E-state index is 11.7. The molecule has 2 rings (SSSR count). The first-order valence-corrected chi connectivity index (χ1v) is 7.57. The van der Waals surface area contributed by atoms with Gasteiger partial charge in [-0.2, -0.15) is 0 Å². The lowest BCUT2D eigenvalue weighted by atomic mass is 10.1. The fourth-order valence-corrected chi connectivity index (χ4v) is 1.97. The Kier molecular flexibility index (Phi) is 6.14. The Hall–Kier alpha value is -3.08. The molecule has 0 aliphatic heterocycles. The summed E-state index contributed by atoms with van der Waals surface area (Å²) in [5, 5.41) is 0. The molecule has 0 saturated heterocycles. The number of ether oxygens (including phenoxy) is 1. The van der Waals surface area contributed by atoms with Crippen LogP contribution in [0.1, 0.15) is 16.7 Å². The van der Waals surface area contributed by atoms with E-state index >= 15 is 0 Å². The van der Waals surface area contributed by atoms with Crippen LogP contribution in [0.3, 0.4) is 0 Å². The Labute approximate surface area is 141 Å². The lowest BCUT2D eigenvalue weighted by Gasteiger charge is -2.11. The van der Waals surface area contributed by atoms with Crippen molar-refractivity contribution in [3.8, 4) is 5.75 Å². The van der Waals surface area contributed by atoms with Crippen molar-refractivity contribution in [1.82, 2.24) is 10.9 Å². The van der Waals surface area contributed by atoms with Gasteiger partial charge in [0.05, 0.1) is 0 Å². The Morgan fingerprint density at radius 3 is 2.50 bits per heavy atom. The van der Waals surface area contributed by atoms with Gasteiger partial charge in [0.1, 0.15) is 5.75 Å². The zero-order chi connectivity index (χ0) is 17.4. The third-order valence-electron chi connectivity index (χ3n) is 3.47. The summed E-state index contributed by atoms with van der Waals surface area (Å²) in [4.78, 5) is 23.4. The second kappa shape index (κ2) is 8.53. The number of nitrogens with one attached hydrogen (secondary N) is 2. The van der Waals surface area contributed by atoms with E-state index in [9.17, 15) is 9.59 Å². The smallest absolute Gasteiger partial charge is 0.276 e. The highest BCUT2D eigenvalue weighted by atomic mass is 16.5. The van der Waals surface area contributed by atoms with Crippen LogP contribution in [0, 0.1) is 13.8 Å². The maximum atomic E-state index is 11.7. The molecule has 0 unspecified atom stereocenters. The second-order valence-corrected chi connectivity index (χ2v) is 5.27. The van der Waals surface area contributed by atoms with Gasteiger partial charge in [-0.25, -0.2) is 0 Å². The molecule has 2 aromatic rings. The van der Waals surface area contributed by atoms with E-state index in [-0.39, 0.29) is 6.61 Å². The highest BCUT2D eigenvalue weighted by Gasteiger charge is 2.06. The number of hydrogen-bond donors (Lipinski definition) is 2. The summed E-state index contributed by atoms with van der Waals surface area (Å²) < 4.78 is 5.46. The fraction of sp³-hybridized carbons (Fsp3) is 0.158. The summed E-state index contributed by atoms with van der Waals surface area (Å²) >= 11 is 0. The minimum atomic E-state index is -0.433. The van der Waals surface area contributed by atoms with E-state index in [1.54, 1.807) is 12.1 Å². The zero-order valence-corrected chi connectivity index (χ0v) is 13.7. The number of aryl methyl sites for hydroxylation is 1. The molecule has 0 spiro atoms. The molecule has 0 aliphatic carbocycles. The SMILES string of the molecule is Cc1cccc(OCC(=O)NNC(=O)/C=C/c2ccccc2)c1C. The topological polar surface area (TPSA) is 67.4 Å². The molecule has 2 amide bonds. The predicted octanol–water partition coefficient (Wildman–Crippen LogP) is 2.54. The molecule has 0 atom stereocenters. The van der Waals surface area contributed by atoms with E-state index in [1.807, 2.05) is 56.3 Å². The summed E-state index contributed by atoms with van der Waals surface area (Å²) in [6.45, 7) is 3.73. The lowest BCUT2D eigenvalue weighted by Crippen LogP contribution is -2.43. The average molecular weight is 324 g/mol. The summed E-state index contributed by atoms with van der Waals surface area (Å²) in [6, 6.07) is 15.0. The minimum absolute atomic E-state index is 0.174. The van der Waals surface area contributed by atoms with Crippen LogP contribution in [0.15, 0.2) is 54.6 Å². The molecule has 0 radical (unpaired) electrons. The van der Waals surface area contributed by atoms with Crippen LogP contribution in [0.5, 0.6) is 5.75 Å². The van der Waals surface area contributed by atoms with Crippen molar-refractivity contribution in [2.24, 2.45) is 0 Å². The lowest BCUT2D eigenvalue weighted by molar-refractivity contribution is -0.128. The van der Waals surface area contributed by atoms with Crippen molar-refractivity contribution in [2.75, 3.05) is 6.61 Å². The Bertz CT molecular complexity index is 740. The van der Waals surface area contributed by atoms with Crippen molar-refractivity contribution >= 4 is 17.9 Å². The number of amides is 2. The number of carbonyl (C=O) groups is 2. The molecule has 24 heavy (non-hydrogen) atoms. The van der Waals surface area contributed by atoms with E-state index in [0.717, 1.165) is 16.7 Å². The summed E-state index contributed by atoms with van der Waals surface area (Å²) in [6.07, 6.45) is 3.01. The zero-order valence-electron chi connectivity index (χ0n) is 13.7. The fourth-order valence-electron chi connectivity index (χ4n) is 1.97. The Morgan fingerprint density at radius 2 is 1.75 bits per heavy atom. The first-order valence-electron chi connectivity index (χ1n) is 7.57. The van der Waals surface area contributed by atoms with Crippen LogP contribution in [-0.2, 0) is 9.59 Å². The molecule has 0 heterocycles. The normalized spacial score (nSPS) is 10.4. The summed E-state index contributed by atoms with van der Waals surface area (Å²) in [7, 11) is 0. The van der Waals surface area contributed by atoms with Crippen LogP contribution in [0.2, 0.25) is 0 Å². The van der Waals surface area contributed by atoms with Gasteiger partial charge in [-0.1, -0.05) is 42.5 Å². The molecule has 2 N–H and O–H groups in total. The van der Waals surface area contributed by atoms with E-state index in [4.69, 9.17) is 4.74 Å². The number of rotatable bonds is 5. The molecule has 0 bridgehead atoms. The molecule has 5 nitrogen and oxygen atoms in total. The Balaban J connectivity index is 1.76. The number of hydrazine groups is 1. The first kappa shape index (κ1) is 17.3. The van der Waals surface area contributed by atoms with Gasteiger partial charge in [0.15, 0.2) is 6.61 Å². The number of hydrogen-bond acceptors (Lipinski definition) is 3. The van der Waals surface area contributed by atoms with Crippen molar-refractivity contribution in [3.05, 3.63) is 71.3 Å². The third kappa shape index (κ3) is 5.28. The van der Waals surface area contributed by atoms with Crippen LogP contribution in [0.25, 0.3) is 6.08 Å². The van der Waals surface area contributed by atoms with Gasteiger partial charge in [-0.15, -0.1) is 0 Å². The van der Waals surface area contributed by atoms with Crippen molar-refractivity contribution in [3.63, 3.8) is 0 Å². The van der Waals surface area contributed by atoms with Crippen LogP contribution >= 0.6 is 0 Å². The molecule has 0 aromatic heterocycles. The van der Waals surface area contributed by atoms with Crippen molar-refractivity contribution < 1.29 is 14.3 Å². The Morgan fingerprint density at radius 1 is 1.00 bits per heavy atom. The molecule has 0 fully saturated rings. The monoisotopic (exact) mass is 324 g/mol. The molecule has 5 heteroatoms. The van der Waals surface area contributed by atoms with Crippen molar-refractivity contribution in [1.29, 1.82) is 0 Å². The van der Waals surface area contributed by atoms with Crippen LogP contribution < -0.4 is 15.6 Å². The highest BCUT2D eigenvalue weighted by molar-refractivity contribution is 5.93. The predicted molar refractivity (Wildman–Crippen MR) is 93.2 cm³/mol. The molecule has 0 aliphatic rings. The highest BCUT2D eigenvalue weighted by Crippen LogP contribution is 2.20. The van der Waals surface area contributed by atoms with E-state index in [2.05, 4.69) is 10.9 Å². The molecule has 0 saturated carbocycles. The van der Waals surface area contributed by atoms with E-state index in [0.29, 0.717) is 5.75 Å². The van der Waals surface area contributed by atoms with Gasteiger partial charge < -0.3 is 4.74 Å². The molecular weight excluding hydrogens is 304 g/mol. The largest absolute Gasteiger partial charge is 0.483 e. The third-order valence-corrected chi connectivity index (χ3v) is 3.47. The van der Waals surface area contributed by atoms with Gasteiger partial charge in [0.2, 0.25) is 0 Å². The van der Waals surface area contributed by atoms with E-state index < -0.39 is 11.8 Å². The molecule has 124 valence electrons. The number of carbonyl (C=O) groups excluding carboxylic acids is 2. The van der Waals surface area contributed by atoms with Gasteiger partial charge in [-0.05, 0) is 42.7 Å². The number of benzene rings is 2. The second-order valence-electron chi connectivity index (χ2n) is 5.27. The standard InChI is InChI=1S/C19H20N2O3/c1-14-7-6-10-17(15(14)2)24-13-19(23)21-20-18(22)12-11-16-8-4-3-5-9-16/h3-12H,13H2,1-2H3,(H,20,22)(H,21,23)/b12-11+. The quantitative estimate of drug-likeness (QED) is 0.656. The summed E-state index contributed by atoms with van der Waals surface area (Å²) in [5.74, 6) is -0.197. The van der Waals surface area contributed by atoms with Gasteiger partial charge >= 0.3 is 0 Å². The molecule has 2 aromatic carbocycles. The van der Waals surface area contributed by atoms with Crippen LogP contribution in [-0.4, -0.2) is 18.4 Å². The van der Waals surface area contributed by atoms with Gasteiger partial charge in [0, 0.05) is 6.08 Å².